The van der Waals surface area contributed by atoms with E-state index in [2.05, 4.69) is 10.6 Å². The Morgan fingerprint density at radius 2 is 1.95 bits per heavy atom. The van der Waals surface area contributed by atoms with E-state index in [1.807, 2.05) is 37.3 Å². The largest absolute Gasteiger partial charge is 0.445 e. The summed E-state index contributed by atoms with van der Waals surface area (Å²) in [6.45, 7) is 2.63. The first-order valence-corrected chi connectivity index (χ1v) is 7.50. The quantitative estimate of drug-likeness (QED) is 0.864. The van der Waals surface area contributed by atoms with Gasteiger partial charge < -0.3 is 10.1 Å². The Kier molecular flexibility index (Phi) is 5.87. The van der Waals surface area contributed by atoms with E-state index < -0.39 is 6.09 Å². The molecule has 2 N–H and O–H groups in total. The van der Waals surface area contributed by atoms with E-state index in [0.29, 0.717) is 12.6 Å². The average Bonchev–Trinajstić information content (AvgIpc) is 2.47. The van der Waals surface area contributed by atoms with Crippen LogP contribution in [0.2, 0.25) is 0 Å². The molecule has 1 amide bonds. The maximum Gasteiger partial charge on any atom is 0.411 e. The van der Waals surface area contributed by atoms with Gasteiger partial charge in [-0.25, -0.2) is 4.79 Å². The summed E-state index contributed by atoms with van der Waals surface area (Å²) in [5, 5.41) is 6.21. The smallest absolute Gasteiger partial charge is 0.411 e. The van der Waals surface area contributed by atoms with Crippen LogP contribution in [0.25, 0.3) is 0 Å². The van der Waals surface area contributed by atoms with Gasteiger partial charge in [0, 0.05) is 18.3 Å². The van der Waals surface area contributed by atoms with E-state index >= 15 is 0 Å². The van der Waals surface area contributed by atoms with Crippen LogP contribution in [0.15, 0.2) is 30.3 Å². The molecule has 0 bridgehead atoms. The maximum atomic E-state index is 11.7. The number of hydrogen-bond acceptors (Lipinski definition) is 3. The van der Waals surface area contributed by atoms with Crippen molar-refractivity contribution in [2.75, 3.05) is 11.9 Å². The fraction of sp³-hybridized carbons (Fsp3) is 0.562. The van der Waals surface area contributed by atoms with Gasteiger partial charge in [-0.15, -0.1) is 0 Å². The number of benzene rings is 1. The zero-order chi connectivity index (χ0) is 14.2. The normalized spacial score (nSPS) is 17.4. The first-order valence-electron chi connectivity index (χ1n) is 7.50. The molecule has 2 rings (SSSR count). The van der Waals surface area contributed by atoms with Gasteiger partial charge in [0.1, 0.15) is 6.10 Å². The third-order valence-electron chi connectivity index (χ3n) is 3.63. The molecular weight excluding hydrogens is 252 g/mol. The number of amides is 1. The van der Waals surface area contributed by atoms with Crippen molar-refractivity contribution in [1.82, 2.24) is 5.32 Å². The highest BCUT2D eigenvalue weighted by atomic mass is 16.6. The molecule has 4 heteroatoms. The summed E-state index contributed by atoms with van der Waals surface area (Å²) in [5.41, 5.74) is 0.755. The summed E-state index contributed by atoms with van der Waals surface area (Å²) < 4.78 is 5.33. The van der Waals surface area contributed by atoms with Crippen LogP contribution >= 0.6 is 0 Å². The average molecular weight is 276 g/mol. The molecule has 1 aliphatic rings. The van der Waals surface area contributed by atoms with Gasteiger partial charge in [0.2, 0.25) is 0 Å². The standard InChI is InChI=1S/C16H24N2O2/c1-13(12-17-14-8-4-2-5-9-14)20-16(19)18-15-10-6-3-7-11-15/h3,6-7,10-11,13-14,17H,2,4-5,8-9,12H2,1H3,(H,18,19). The Labute approximate surface area is 120 Å². The first-order chi connectivity index (χ1) is 9.74. The van der Waals surface area contributed by atoms with Crippen LogP contribution in [-0.4, -0.2) is 24.8 Å². The molecule has 0 spiro atoms. The van der Waals surface area contributed by atoms with Crippen molar-refractivity contribution >= 4 is 11.8 Å². The summed E-state index contributed by atoms with van der Waals surface area (Å²) in [7, 11) is 0. The monoisotopic (exact) mass is 276 g/mol. The molecule has 1 aliphatic carbocycles. The Balaban J connectivity index is 1.65. The second-order valence-electron chi connectivity index (χ2n) is 5.45. The van der Waals surface area contributed by atoms with Crippen molar-refractivity contribution in [2.24, 2.45) is 0 Å². The molecule has 110 valence electrons. The van der Waals surface area contributed by atoms with Crippen molar-refractivity contribution in [3.63, 3.8) is 0 Å². The minimum absolute atomic E-state index is 0.124. The molecule has 0 saturated heterocycles. The van der Waals surface area contributed by atoms with Crippen LogP contribution in [0.3, 0.4) is 0 Å². The molecule has 1 aromatic carbocycles. The summed E-state index contributed by atoms with van der Waals surface area (Å²) in [5.74, 6) is 0. The molecule has 20 heavy (non-hydrogen) atoms. The van der Waals surface area contributed by atoms with Crippen LogP contribution in [0.5, 0.6) is 0 Å². The van der Waals surface area contributed by atoms with E-state index in [0.717, 1.165) is 5.69 Å². The summed E-state index contributed by atoms with van der Waals surface area (Å²) in [6.07, 6.45) is 5.92. The number of rotatable bonds is 5. The van der Waals surface area contributed by atoms with Gasteiger partial charge >= 0.3 is 6.09 Å². The van der Waals surface area contributed by atoms with E-state index in [1.165, 1.54) is 32.1 Å². The lowest BCUT2D eigenvalue weighted by atomic mass is 9.95. The molecule has 4 nitrogen and oxygen atoms in total. The van der Waals surface area contributed by atoms with Gasteiger partial charge in [-0.2, -0.15) is 0 Å². The Hall–Kier alpha value is -1.55. The van der Waals surface area contributed by atoms with E-state index in [4.69, 9.17) is 4.74 Å². The van der Waals surface area contributed by atoms with E-state index in [-0.39, 0.29) is 6.10 Å². The summed E-state index contributed by atoms with van der Waals surface area (Å²) >= 11 is 0. The molecule has 1 atom stereocenters. The third-order valence-corrected chi connectivity index (χ3v) is 3.63. The second kappa shape index (κ2) is 7.90. The fourth-order valence-corrected chi connectivity index (χ4v) is 2.53. The van der Waals surface area contributed by atoms with Crippen molar-refractivity contribution in [3.8, 4) is 0 Å². The lowest BCUT2D eigenvalue weighted by molar-refractivity contribution is 0.116. The molecule has 0 radical (unpaired) electrons. The molecule has 1 unspecified atom stereocenters. The lowest BCUT2D eigenvalue weighted by Crippen LogP contribution is -2.38. The highest BCUT2D eigenvalue weighted by Gasteiger charge is 2.15. The summed E-state index contributed by atoms with van der Waals surface area (Å²) in [6, 6.07) is 9.94. The van der Waals surface area contributed by atoms with Gasteiger partial charge in [0.15, 0.2) is 0 Å². The number of nitrogens with one attached hydrogen (secondary N) is 2. The molecular formula is C16H24N2O2. The molecule has 0 aliphatic heterocycles. The molecule has 1 fully saturated rings. The number of ether oxygens (including phenoxy) is 1. The zero-order valence-corrected chi connectivity index (χ0v) is 12.1. The van der Waals surface area contributed by atoms with Crippen molar-refractivity contribution in [1.29, 1.82) is 0 Å². The Bertz CT molecular complexity index is 402. The van der Waals surface area contributed by atoms with Crippen LogP contribution in [0.4, 0.5) is 10.5 Å². The predicted molar refractivity (Wildman–Crippen MR) is 80.9 cm³/mol. The van der Waals surface area contributed by atoms with Crippen LogP contribution in [0, 0.1) is 0 Å². The Morgan fingerprint density at radius 1 is 1.25 bits per heavy atom. The lowest BCUT2D eigenvalue weighted by Gasteiger charge is -2.24. The van der Waals surface area contributed by atoms with Gasteiger partial charge in [-0.3, -0.25) is 5.32 Å². The second-order valence-corrected chi connectivity index (χ2v) is 5.45. The SMILES string of the molecule is CC(CNC1CCCCC1)OC(=O)Nc1ccccc1. The minimum atomic E-state index is -0.394. The highest BCUT2D eigenvalue weighted by Crippen LogP contribution is 2.17. The predicted octanol–water partition coefficient (Wildman–Crippen LogP) is 3.55. The van der Waals surface area contributed by atoms with Crippen molar-refractivity contribution in [2.45, 2.75) is 51.2 Å². The number of anilines is 1. The van der Waals surface area contributed by atoms with Gasteiger partial charge in [0.25, 0.3) is 0 Å². The number of carbonyl (C=O) groups is 1. The molecule has 1 aromatic rings. The number of para-hydroxylation sites is 1. The molecule has 1 saturated carbocycles. The van der Waals surface area contributed by atoms with Crippen molar-refractivity contribution in [3.05, 3.63) is 30.3 Å². The first kappa shape index (κ1) is 14.9. The van der Waals surface area contributed by atoms with Gasteiger partial charge in [0.05, 0.1) is 0 Å². The fourth-order valence-electron chi connectivity index (χ4n) is 2.53. The maximum absolute atomic E-state index is 11.7. The number of hydrogen-bond donors (Lipinski definition) is 2. The molecule has 0 aromatic heterocycles. The van der Waals surface area contributed by atoms with E-state index in [1.54, 1.807) is 0 Å². The third kappa shape index (κ3) is 5.21. The zero-order valence-electron chi connectivity index (χ0n) is 12.1. The number of carbonyl (C=O) groups excluding carboxylic acids is 1. The molecule has 0 heterocycles. The topological polar surface area (TPSA) is 50.4 Å². The van der Waals surface area contributed by atoms with Crippen LogP contribution in [0.1, 0.15) is 39.0 Å². The summed E-state index contributed by atoms with van der Waals surface area (Å²) in [4.78, 5) is 11.7. The van der Waals surface area contributed by atoms with Crippen LogP contribution in [-0.2, 0) is 4.74 Å². The van der Waals surface area contributed by atoms with Gasteiger partial charge in [-0.1, -0.05) is 37.5 Å². The van der Waals surface area contributed by atoms with Gasteiger partial charge in [-0.05, 0) is 31.9 Å². The minimum Gasteiger partial charge on any atom is -0.445 e. The van der Waals surface area contributed by atoms with Crippen LogP contribution < -0.4 is 10.6 Å². The van der Waals surface area contributed by atoms with Crippen molar-refractivity contribution < 1.29 is 9.53 Å². The Morgan fingerprint density at radius 3 is 2.65 bits per heavy atom. The highest BCUT2D eigenvalue weighted by molar-refractivity contribution is 5.84. The van der Waals surface area contributed by atoms with E-state index in [9.17, 15) is 4.79 Å².